The van der Waals surface area contributed by atoms with Crippen LogP contribution in [0, 0.1) is 13.8 Å². The zero-order valence-corrected chi connectivity index (χ0v) is 15.1. The highest BCUT2D eigenvalue weighted by atomic mass is 32.2. The predicted molar refractivity (Wildman–Crippen MR) is 101 cm³/mol. The summed E-state index contributed by atoms with van der Waals surface area (Å²) in [6.07, 6.45) is 0.698. The summed E-state index contributed by atoms with van der Waals surface area (Å²) in [5.74, 6) is 1.01. The van der Waals surface area contributed by atoms with E-state index in [1.54, 1.807) is 0 Å². The van der Waals surface area contributed by atoms with Crippen molar-refractivity contribution in [3.8, 4) is 0 Å². The zero-order chi connectivity index (χ0) is 17.6. The summed E-state index contributed by atoms with van der Waals surface area (Å²) in [7, 11) is 0. The second-order valence-corrected chi connectivity index (χ2v) is 6.82. The average Bonchev–Trinajstić information content (AvgIpc) is 3.04. The molecular weight excluding hydrogens is 332 g/mol. The van der Waals surface area contributed by atoms with Crippen LogP contribution in [0.1, 0.15) is 22.5 Å². The van der Waals surface area contributed by atoms with E-state index < -0.39 is 0 Å². The van der Waals surface area contributed by atoms with Crippen molar-refractivity contribution in [3.63, 3.8) is 0 Å². The summed E-state index contributed by atoms with van der Waals surface area (Å²) in [5, 5.41) is 10.6. The first-order valence-corrected chi connectivity index (χ1v) is 9.04. The van der Waals surface area contributed by atoms with E-state index in [2.05, 4.69) is 20.5 Å². The standard InChI is InChI=1S/C19H20N4OS/c1-13-8-9-16(14(2)10-13)20-18(24)12-25-19-21-17(22-23-19)11-15-6-4-3-5-7-15/h3-10H,11-12H2,1-2H3,(H,20,24)(H,21,22,23). The second-order valence-electron chi connectivity index (χ2n) is 5.88. The van der Waals surface area contributed by atoms with Gasteiger partial charge in [-0.3, -0.25) is 9.89 Å². The van der Waals surface area contributed by atoms with Gasteiger partial charge in [-0.1, -0.05) is 59.8 Å². The minimum Gasteiger partial charge on any atom is -0.325 e. The van der Waals surface area contributed by atoms with Gasteiger partial charge in [0.2, 0.25) is 11.1 Å². The lowest BCUT2D eigenvalue weighted by Crippen LogP contribution is -2.15. The van der Waals surface area contributed by atoms with Crippen LogP contribution in [0.4, 0.5) is 5.69 Å². The van der Waals surface area contributed by atoms with Gasteiger partial charge < -0.3 is 5.32 Å². The summed E-state index contributed by atoms with van der Waals surface area (Å²) in [4.78, 5) is 16.6. The van der Waals surface area contributed by atoms with E-state index in [4.69, 9.17) is 0 Å². The Bertz CT molecular complexity index is 861. The van der Waals surface area contributed by atoms with Gasteiger partial charge in [-0.25, -0.2) is 4.98 Å². The number of aryl methyl sites for hydroxylation is 2. The number of nitrogens with zero attached hydrogens (tertiary/aromatic N) is 2. The second kappa shape index (κ2) is 7.98. The fourth-order valence-corrected chi connectivity index (χ4v) is 3.10. The van der Waals surface area contributed by atoms with Crippen LogP contribution in [-0.2, 0) is 11.2 Å². The van der Waals surface area contributed by atoms with Crippen molar-refractivity contribution in [1.29, 1.82) is 0 Å². The van der Waals surface area contributed by atoms with E-state index >= 15 is 0 Å². The SMILES string of the molecule is Cc1ccc(NC(=O)CSc2n[nH]c(Cc3ccccc3)n2)c(C)c1. The number of hydrogen-bond donors (Lipinski definition) is 2. The Hall–Kier alpha value is -2.60. The first-order chi connectivity index (χ1) is 12.1. The van der Waals surface area contributed by atoms with Crippen molar-refractivity contribution in [2.45, 2.75) is 25.4 Å². The average molecular weight is 352 g/mol. The number of carbonyl (C=O) groups is 1. The Morgan fingerprint density at radius 1 is 1.16 bits per heavy atom. The smallest absolute Gasteiger partial charge is 0.234 e. The van der Waals surface area contributed by atoms with Gasteiger partial charge in [-0.05, 0) is 31.0 Å². The van der Waals surface area contributed by atoms with Gasteiger partial charge in [-0.2, -0.15) is 0 Å². The summed E-state index contributed by atoms with van der Waals surface area (Å²) < 4.78 is 0. The molecule has 25 heavy (non-hydrogen) atoms. The molecule has 1 amide bonds. The van der Waals surface area contributed by atoms with E-state index in [-0.39, 0.29) is 11.7 Å². The number of aromatic amines is 1. The highest BCUT2D eigenvalue weighted by Gasteiger charge is 2.09. The molecule has 2 N–H and O–H groups in total. The minimum absolute atomic E-state index is 0.0636. The van der Waals surface area contributed by atoms with Gasteiger partial charge in [0.05, 0.1) is 5.75 Å². The van der Waals surface area contributed by atoms with Crippen LogP contribution in [-0.4, -0.2) is 26.8 Å². The molecule has 0 radical (unpaired) electrons. The third-order valence-corrected chi connectivity index (χ3v) is 4.56. The maximum absolute atomic E-state index is 12.1. The van der Waals surface area contributed by atoms with Crippen molar-refractivity contribution in [2.24, 2.45) is 0 Å². The van der Waals surface area contributed by atoms with Crippen molar-refractivity contribution in [2.75, 3.05) is 11.1 Å². The van der Waals surface area contributed by atoms with Crippen molar-refractivity contribution < 1.29 is 4.79 Å². The molecule has 0 atom stereocenters. The number of anilines is 1. The summed E-state index contributed by atoms with van der Waals surface area (Å²) in [6, 6.07) is 16.0. The first kappa shape index (κ1) is 17.2. The normalized spacial score (nSPS) is 10.6. The Balaban J connectivity index is 1.52. The molecule has 0 aliphatic heterocycles. The molecule has 0 unspecified atom stereocenters. The van der Waals surface area contributed by atoms with Crippen LogP contribution in [0.2, 0.25) is 0 Å². The molecule has 0 aliphatic rings. The zero-order valence-electron chi connectivity index (χ0n) is 14.2. The number of nitrogens with one attached hydrogen (secondary N) is 2. The monoisotopic (exact) mass is 352 g/mol. The van der Waals surface area contributed by atoms with Gasteiger partial charge in [-0.15, -0.1) is 5.10 Å². The Labute approximate surface area is 151 Å². The Morgan fingerprint density at radius 3 is 2.72 bits per heavy atom. The van der Waals surface area contributed by atoms with Crippen LogP contribution in [0.5, 0.6) is 0 Å². The van der Waals surface area contributed by atoms with Crippen molar-refractivity contribution in [1.82, 2.24) is 15.2 Å². The molecule has 6 heteroatoms. The van der Waals surface area contributed by atoms with E-state index in [1.807, 2.05) is 62.4 Å². The number of rotatable bonds is 6. The molecule has 3 rings (SSSR count). The molecule has 128 valence electrons. The molecule has 0 fully saturated rings. The largest absolute Gasteiger partial charge is 0.325 e. The molecule has 5 nitrogen and oxygen atoms in total. The van der Waals surface area contributed by atoms with Crippen LogP contribution < -0.4 is 5.32 Å². The third kappa shape index (κ3) is 4.93. The quantitative estimate of drug-likeness (QED) is 0.663. The lowest BCUT2D eigenvalue weighted by Gasteiger charge is -2.08. The number of H-pyrrole nitrogens is 1. The molecule has 0 aliphatic carbocycles. The van der Waals surface area contributed by atoms with Gasteiger partial charge in [0.1, 0.15) is 5.82 Å². The molecule has 3 aromatic rings. The molecule has 0 spiro atoms. The molecule has 2 aromatic carbocycles. The minimum atomic E-state index is -0.0636. The number of amides is 1. The third-order valence-electron chi connectivity index (χ3n) is 3.71. The van der Waals surface area contributed by atoms with Crippen LogP contribution >= 0.6 is 11.8 Å². The predicted octanol–water partition coefficient (Wildman–Crippen LogP) is 3.74. The molecule has 0 saturated carbocycles. The Kier molecular flexibility index (Phi) is 5.50. The summed E-state index contributed by atoms with van der Waals surface area (Å²) in [6.45, 7) is 4.02. The molecule has 1 aromatic heterocycles. The number of aromatic nitrogens is 3. The van der Waals surface area contributed by atoms with Crippen molar-refractivity contribution >= 4 is 23.4 Å². The molecular formula is C19H20N4OS. The number of benzene rings is 2. The lowest BCUT2D eigenvalue weighted by atomic mass is 10.1. The highest BCUT2D eigenvalue weighted by molar-refractivity contribution is 7.99. The van der Waals surface area contributed by atoms with Gasteiger partial charge >= 0.3 is 0 Å². The molecule has 0 saturated heterocycles. The summed E-state index contributed by atoms with van der Waals surface area (Å²) >= 11 is 1.32. The topological polar surface area (TPSA) is 70.7 Å². The van der Waals surface area contributed by atoms with E-state index in [0.717, 1.165) is 17.1 Å². The van der Waals surface area contributed by atoms with Gasteiger partial charge in [0.25, 0.3) is 0 Å². The number of hydrogen-bond acceptors (Lipinski definition) is 4. The fraction of sp³-hybridized carbons (Fsp3) is 0.211. The summed E-state index contributed by atoms with van der Waals surface area (Å²) in [5.41, 5.74) is 4.25. The Morgan fingerprint density at radius 2 is 1.96 bits per heavy atom. The van der Waals surface area contributed by atoms with Crippen molar-refractivity contribution in [3.05, 3.63) is 71.0 Å². The fourth-order valence-electron chi connectivity index (χ4n) is 2.48. The first-order valence-electron chi connectivity index (χ1n) is 8.05. The van der Waals surface area contributed by atoms with Crippen LogP contribution in [0.3, 0.4) is 0 Å². The maximum atomic E-state index is 12.1. The van der Waals surface area contributed by atoms with E-state index in [1.165, 1.54) is 22.9 Å². The number of carbonyl (C=O) groups excluding carboxylic acids is 1. The van der Waals surface area contributed by atoms with Crippen LogP contribution in [0.15, 0.2) is 53.7 Å². The van der Waals surface area contributed by atoms with E-state index in [0.29, 0.717) is 11.6 Å². The number of thioether (sulfide) groups is 1. The highest BCUT2D eigenvalue weighted by Crippen LogP contribution is 2.18. The van der Waals surface area contributed by atoms with Gasteiger partial charge in [0.15, 0.2) is 0 Å². The molecule has 0 bridgehead atoms. The molecule has 1 heterocycles. The van der Waals surface area contributed by atoms with Gasteiger partial charge in [0, 0.05) is 12.1 Å². The van der Waals surface area contributed by atoms with E-state index in [9.17, 15) is 4.79 Å². The van der Waals surface area contributed by atoms with Crippen LogP contribution in [0.25, 0.3) is 0 Å². The maximum Gasteiger partial charge on any atom is 0.234 e. The lowest BCUT2D eigenvalue weighted by molar-refractivity contribution is -0.113.